The maximum Gasteiger partial charge on any atom is 0.209 e. The normalized spacial score (nSPS) is 10.3. The van der Waals surface area contributed by atoms with Crippen molar-refractivity contribution in [2.75, 3.05) is 5.75 Å². The lowest BCUT2D eigenvalue weighted by molar-refractivity contribution is 0.974. The van der Waals surface area contributed by atoms with Crippen molar-refractivity contribution in [1.82, 2.24) is 15.2 Å². The van der Waals surface area contributed by atoms with E-state index in [0.717, 1.165) is 27.9 Å². The van der Waals surface area contributed by atoms with E-state index >= 15 is 0 Å². The van der Waals surface area contributed by atoms with Crippen LogP contribution in [-0.4, -0.2) is 20.9 Å². The molecule has 0 aliphatic carbocycles. The predicted octanol–water partition coefficient (Wildman–Crippen LogP) is 3.14. The SMILES string of the molecule is C=C(C)CSc1n[nH]c(-c2ccccc2)n1. The Labute approximate surface area is 99.0 Å². The summed E-state index contributed by atoms with van der Waals surface area (Å²) in [6.07, 6.45) is 0. The number of aromatic amines is 1. The Morgan fingerprint density at radius 1 is 1.38 bits per heavy atom. The van der Waals surface area contributed by atoms with E-state index in [1.807, 2.05) is 37.3 Å². The highest BCUT2D eigenvalue weighted by molar-refractivity contribution is 7.99. The summed E-state index contributed by atoms with van der Waals surface area (Å²) in [5.41, 5.74) is 2.17. The summed E-state index contributed by atoms with van der Waals surface area (Å²) in [5.74, 6) is 1.66. The summed E-state index contributed by atoms with van der Waals surface area (Å²) in [6, 6.07) is 9.97. The summed E-state index contributed by atoms with van der Waals surface area (Å²) in [6.45, 7) is 5.85. The molecule has 0 atom stereocenters. The quantitative estimate of drug-likeness (QED) is 0.649. The number of H-pyrrole nitrogens is 1. The fraction of sp³-hybridized carbons (Fsp3) is 0.167. The highest BCUT2D eigenvalue weighted by Crippen LogP contribution is 2.19. The minimum atomic E-state index is 0.766. The van der Waals surface area contributed by atoms with Gasteiger partial charge in [-0.3, -0.25) is 5.10 Å². The molecule has 0 bridgehead atoms. The molecule has 2 aromatic rings. The standard InChI is InChI=1S/C12H13N3S/c1-9(2)8-16-12-13-11(14-15-12)10-6-4-3-5-7-10/h3-7H,1,8H2,2H3,(H,13,14,15). The fourth-order valence-corrected chi connectivity index (χ4v) is 1.87. The van der Waals surface area contributed by atoms with Crippen molar-refractivity contribution in [3.63, 3.8) is 0 Å². The molecule has 0 aliphatic rings. The van der Waals surface area contributed by atoms with Crippen LogP contribution in [0.25, 0.3) is 11.4 Å². The second kappa shape index (κ2) is 4.99. The number of hydrogen-bond acceptors (Lipinski definition) is 3. The zero-order valence-electron chi connectivity index (χ0n) is 9.10. The molecule has 0 unspecified atom stereocenters. The van der Waals surface area contributed by atoms with E-state index in [0.29, 0.717) is 0 Å². The minimum Gasteiger partial charge on any atom is -0.258 e. The Kier molecular flexibility index (Phi) is 3.41. The minimum absolute atomic E-state index is 0.766. The van der Waals surface area contributed by atoms with Gasteiger partial charge >= 0.3 is 0 Å². The summed E-state index contributed by atoms with van der Waals surface area (Å²) in [7, 11) is 0. The first-order chi connectivity index (χ1) is 7.75. The number of hydrogen-bond donors (Lipinski definition) is 1. The van der Waals surface area contributed by atoms with Crippen LogP contribution in [0.1, 0.15) is 6.92 Å². The van der Waals surface area contributed by atoms with E-state index in [1.54, 1.807) is 11.8 Å². The number of nitrogens with zero attached hydrogens (tertiary/aromatic N) is 2. The molecule has 0 spiro atoms. The first kappa shape index (κ1) is 11.0. The van der Waals surface area contributed by atoms with Gasteiger partial charge in [0.25, 0.3) is 0 Å². The number of rotatable bonds is 4. The molecule has 16 heavy (non-hydrogen) atoms. The van der Waals surface area contributed by atoms with Crippen LogP contribution in [0, 0.1) is 0 Å². The summed E-state index contributed by atoms with van der Waals surface area (Å²) >= 11 is 1.59. The highest BCUT2D eigenvalue weighted by Gasteiger charge is 2.05. The maximum atomic E-state index is 4.41. The zero-order valence-corrected chi connectivity index (χ0v) is 9.92. The number of nitrogens with one attached hydrogen (secondary N) is 1. The van der Waals surface area contributed by atoms with Crippen LogP contribution in [0.3, 0.4) is 0 Å². The Hall–Kier alpha value is -1.55. The molecule has 0 radical (unpaired) electrons. The third kappa shape index (κ3) is 2.73. The smallest absolute Gasteiger partial charge is 0.209 e. The van der Waals surface area contributed by atoms with Gasteiger partial charge in [-0.1, -0.05) is 54.2 Å². The molecule has 0 aliphatic heterocycles. The first-order valence-electron chi connectivity index (χ1n) is 5.01. The third-order valence-electron chi connectivity index (χ3n) is 1.96. The van der Waals surface area contributed by atoms with Gasteiger partial charge in [0, 0.05) is 11.3 Å². The Morgan fingerprint density at radius 2 is 2.12 bits per heavy atom. The molecule has 4 heteroatoms. The Balaban J connectivity index is 2.11. The van der Waals surface area contributed by atoms with Gasteiger partial charge in [0.05, 0.1) is 0 Å². The molecular formula is C12H13N3S. The van der Waals surface area contributed by atoms with Crippen LogP contribution in [0.4, 0.5) is 0 Å². The van der Waals surface area contributed by atoms with Crippen molar-refractivity contribution in [1.29, 1.82) is 0 Å². The highest BCUT2D eigenvalue weighted by atomic mass is 32.2. The lowest BCUT2D eigenvalue weighted by atomic mass is 10.2. The molecule has 82 valence electrons. The zero-order chi connectivity index (χ0) is 11.4. The number of thioether (sulfide) groups is 1. The molecule has 1 heterocycles. The van der Waals surface area contributed by atoms with Crippen LogP contribution in [0.5, 0.6) is 0 Å². The molecule has 0 fully saturated rings. The molecule has 1 aromatic carbocycles. The molecule has 0 amide bonds. The van der Waals surface area contributed by atoms with Gasteiger partial charge in [-0.05, 0) is 6.92 Å². The molecular weight excluding hydrogens is 218 g/mol. The van der Waals surface area contributed by atoms with Gasteiger partial charge in [-0.15, -0.1) is 5.10 Å². The molecule has 3 nitrogen and oxygen atoms in total. The van der Waals surface area contributed by atoms with Crippen LogP contribution in [0.15, 0.2) is 47.6 Å². The average Bonchev–Trinajstić information content (AvgIpc) is 2.76. The molecule has 1 aromatic heterocycles. The van der Waals surface area contributed by atoms with E-state index < -0.39 is 0 Å². The van der Waals surface area contributed by atoms with Gasteiger partial charge in [0.1, 0.15) is 0 Å². The Morgan fingerprint density at radius 3 is 2.81 bits per heavy atom. The van der Waals surface area contributed by atoms with Crippen molar-refractivity contribution in [3.8, 4) is 11.4 Å². The van der Waals surface area contributed by atoms with Crippen molar-refractivity contribution in [2.24, 2.45) is 0 Å². The lowest BCUT2D eigenvalue weighted by Crippen LogP contribution is -1.81. The van der Waals surface area contributed by atoms with Crippen molar-refractivity contribution in [3.05, 3.63) is 42.5 Å². The summed E-state index contributed by atoms with van der Waals surface area (Å²) in [4.78, 5) is 4.41. The predicted molar refractivity (Wildman–Crippen MR) is 67.4 cm³/mol. The second-order valence-electron chi connectivity index (χ2n) is 3.58. The van der Waals surface area contributed by atoms with E-state index in [9.17, 15) is 0 Å². The van der Waals surface area contributed by atoms with E-state index in [2.05, 4.69) is 21.8 Å². The molecule has 1 N–H and O–H groups in total. The van der Waals surface area contributed by atoms with Crippen molar-refractivity contribution >= 4 is 11.8 Å². The van der Waals surface area contributed by atoms with Crippen LogP contribution in [-0.2, 0) is 0 Å². The first-order valence-corrected chi connectivity index (χ1v) is 5.99. The lowest BCUT2D eigenvalue weighted by Gasteiger charge is -1.94. The fourth-order valence-electron chi connectivity index (χ4n) is 1.22. The van der Waals surface area contributed by atoms with Crippen LogP contribution < -0.4 is 0 Å². The maximum absolute atomic E-state index is 4.41. The van der Waals surface area contributed by atoms with E-state index in [4.69, 9.17) is 0 Å². The number of benzene rings is 1. The van der Waals surface area contributed by atoms with Gasteiger partial charge in [0.15, 0.2) is 5.82 Å². The van der Waals surface area contributed by atoms with Crippen LogP contribution >= 0.6 is 11.8 Å². The number of aromatic nitrogens is 3. The van der Waals surface area contributed by atoms with E-state index in [-0.39, 0.29) is 0 Å². The average molecular weight is 231 g/mol. The van der Waals surface area contributed by atoms with E-state index in [1.165, 1.54) is 0 Å². The van der Waals surface area contributed by atoms with Gasteiger partial charge < -0.3 is 0 Å². The van der Waals surface area contributed by atoms with Gasteiger partial charge in [-0.2, -0.15) is 0 Å². The van der Waals surface area contributed by atoms with Crippen molar-refractivity contribution < 1.29 is 0 Å². The largest absolute Gasteiger partial charge is 0.258 e. The summed E-state index contributed by atoms with van der Waals surface area (Å²) in [5, 5.41) is 7.85. The van der Waals surface area contributed by atoms with Crippen LogP contribution in [0.2, 0.25) is 0 Å². The Bertz CT molecular complexity index is 476. The monoisotopic (exact) mass is 231 g/mol. The van der Waals surface area contributed by atoms with Crippen molar-refractivity contribution in [2.45, 2.75) is 12.1 Å². The third-order valence-corrected chi connectivity index (χ3v) is 3.04. The summed E-state index contributed by atoms with van der Waals surface area (Å²) < 4.78 is 0. The molecule has 2 rings (SSSR count). The van der Waals surface area contributed by atoms with Gasteiger partial charge in [0.2, 0.25) is 5.16 Å². The molecule has 0 saturated heterocycles. The topological polar surface area (TPSA) is 41.6 Å². The van der Waals surface area contributed by atoms with Gasteiger partial charge in [-0.25, -0.2) is 4.98 Å². The molecule has 0 saturated carbocycles. The second-order valence-corrected chi connectivity index (χ2v) is 4.52.